The molecule has 1 N–H and O–H groups in total. The number of rotatable bonds is 10. The number of ether oxygens (including phenoxy) is 2. The molecule has 9 nitrogen and oxygen atoms in total. The van der Waals surface area contributed by atoms with Crippen molar-refractivity contribution in [2.45, 2.75) is 57.7 Å². The summed E-state index contributed by atoms with van der Waals surface area (Å²) in [4.78, 5) is 38.3. The molecule has 0 unspecified atom stereocenters. The van der Waals surface area contributed by atoms with Crippen molar-refractivity contribution in [1.82, 2.24) is 10.2 Å². The van der Waals surface area contributed by atoms with Gasteiger partial charge in [-0.1, -0.05) is 48.5 Å². The second-order valence-electron chi connectivity index (χ2n) is 8.67. The number of nitro benzene ring substituents is 1. The van der Waals surface area contributed by atoms with Crippen molar-refractivity contribution in [3.05, 3.63) is 62.1 Å². The highest BCUT2D eigenvalue weighted by molar-refractivity contribution is 6.42. The number of amides is 2. The summed E-state index contributed by atoms with van der Waals surface area (Å²) in [7, 11) is 1.31. The van der Waals surface area contributed by atoms with E-state index in [1.165, 1.54) is 30.2 Å². The van der Waals surface area contributed by atoms with Crippen molar-refractivity contribution in [2.24, 2.45) is 0 Å². The normalized spacial score (nSPS) is 14.6. The maximum Gasteiger partial charge on any atom is 0.311 e. The average Bonchev–Trinajstić information content (AvgIpc) is 2.87. The topological polar surface area (TPSA) is 111 Å². The van der Waals surface area contributed by atoms with Crippen molar-refractivity contribution in [2.75, 3.05) is 13.7 Å². The molecule has 0 spiro atoms. The van der Waals surface area contributed by atoms with E-state index < -0.39 is 16.9 Å². The lowest BCUT2D eigenvalue weighted by molar-refractivity contribution is -0.385. The fourth-order valence-electron chi connectivity index (χ4n) is 4.11. The molecule has 0 aromatic heterocycles. The van der Waals surface area contributed by atoms with Crippen LogP contribution in [0.25, 0.3) is 0 Å². The van der Waals surface area contributed by atoms with Gasteiger partial charge in [0.05, 0.1) is 22.1 Å². The molecule has 0 bridgehead atoms. The van der Waals surface area contributed by atoms with Gasteiger partial charge < -0.3 is 19.7 Å². The monoisotopic (exact) mass is 537 g/mol. The summed E-state index contributed by atoms with van der Waals surface area (Å²) < 4.78 is 10.7. The van der Waals surface area contributed by atoms with Crippen molar-refractivity contribution in [3.63, 3.8) is 0 Å². The lowest BCUT2D eigenvalue weighted by atomic mass is 9.95. The number of hydrogen-bond acceptors (Lipinski definition) is 6. The van der Waals surface area contributed by atoms with Crippen molar-refractivity contribution < 1.29 is 24.0 Å². The zero-order valence-corrected chi connectivity index (χ0v) is 21.7. The maximum atomic E-state index is 13.3. The second-order valence-corrected chi connectivity index (χ2v) is 9.48. The Morgan fingerprint density at radius 1 is 1.14 bits per heavy atom. The maximum absolute atomic E-state index is 13.3. The smallest absolute Gasteiger partial charge is 0.311 e. The summed E-state index contributed by atoms with van der Waals surface area (Å²) in [5.41, 5.74) is 0.484. The molecule has 0 heterocycles. The summed E-state index contributed by atoms with van der Waals surface area (Å²) in [6, 6.07) is 8.31. The van der Waals surface area contributed by atoms with Crippen LogP contribution in [0.5, 0.6) is 11.5 Å². The summed E-state index contributed by atoms with van der Waals surface area (Å²) in [5, 5.41) is 14.9. The highest BCUT2D eigenvalue weighted by atomic mass is 35.5. The van der Waals surface area contributed by atoms with Gasteiger partial charge in [0.1, 0.15) is 11.8 Å². The van der Waals surface area contributed by atoms with Crippen LogP contribution in [-0.2, 0) is 16.1 Å². The van der Waals surface area contributed by atoms with E-state index in [2.05, 4.69) is 5.32 Å². The fraction of sp³-hybridized carbons (Fsp3) is 0.440. The van der Waals surface area contributed by atoms with E-state index >= 15 is 0 Å². The van der Waals surface area contributed by atoms with Crippen LogP contribution < -0.4 is 14.8 Å². The lowest BCUT2D eigenvalue weighted by Crippen LogP contribution is -2.51. The lowest BCUT2D eigenvalue weighted by Gasteiger charge is -2.31. The van der Waals surface area contributed by atoms with Crippen LogP contribution in [0.2, 0.25) is 10.0 Å². The molecule has 3 rings (SSSR count). The molecule has 1 aliphatic carbocycles. The average molecular weight is 538 g/mol. The number of nitrogens with one attached hydrogen (secondary N) is 1. The predicted molar refractivity (Wildman–Crippen MR) is 137 cm³/mol. The van der Waals surface area contributed by atoms with Gasteiger partial charge in [0.2, 0.25) is 11.7 Å². The van der Waals surface area contributed by atoms with Crippen molar-refractivity contribution in [1.29, 1.82) is 0 Å². The molecule has 1 aliphatic rings. The number of hydrogen-bond donors (Lipinski definition) is 1. The van der Waals surface area contributed by atoms with Gasteiger partial charge in [-0.15, -0.1) is 0 Å². The molecule has 2 amide bonds. The first-order valence-corrected chi connectivity index (χ1v) is 12.4. The van der Waals surface area contributed by atoms with Gasteiger partial charge in [0, 0.05) is 24.7 Å². The fourth-order valence-corrected chi connectivity index (χ4v) is 4.43. The molecule has 11 heteroatoms. The van der Waals surface area contributed by atoms with Gasteiger partial charge in [-0.05, 0) is 43.5 Å². The van der Waals surface area contributed by atoms with Gasteiger partial charge in [-0.3, -0.25) is 19.7 Å². The van der Waals surface area contributed by atoms with E-state index in [0.29, 0.717) is 15.6 Å². The number of benzene rings is 2. The Balaban J connectivity index is 1.75. The number of carbonyl (C=O) groups is 2. The third-order valence-electron chi connectivity index (χ3n) is 6.17. The van der Waals surface area contributed by atoms with Crippen molar-refractivity contribution in [3.8, 4) is 11.5 Å². The number of carbonyl (C=O) groups excluding carboxylic acids is 2. The molecule has 0 radical (unpaired) electrons. The standard InChI is InChI=1S/C25H29Cl2N3O6/c1-16(25(32)28-18-6-4-3-5-7-18)29(14-17-8-10-20(26)21(27)12-17)24(31)15-36-19-9-11-22(30(33)34)23(13-19)35-2/h8-13,16,18H,3-7,14-15H2,1-2H3,(H,28,32)/t16-/m1/s1. The first-order valence-electron chi connectivity index (χ1n) is 11.7. The molecule has 1 fully saturated rings. The highest BCUT2D eigenvalue weighted by Crippen LogP contribution is 2.31. The molecular weight excluding hydrogens is 509 g/mol. The number of halogens is 2. The summed E-state index contributed by atoms with van der Waals surface area (Å²) >= 11 is 12.2. The Bertz CT molecular complexity index is 1110. The minimum absolute atomic E-state index is 0.0119. The van der Waals surface area contributed by atoms with Crippen LogP contribution in [0.3, 0.4) is 0 Å². The van der Waals surface area contributed by atoms with E-state index in [9.17, 15) is 19.7 Å². The second kappa shape index (κ2) is 12.8. The Morgan fingerprint density at radius 3 is 2.50 bits per heavy atom. The zero-order valence-electron chi connectivity index (χ0n) is 20.2. The Hall–Kier alpha value is -3.04. The Labute approximate surface area is 219 Å². The third-order valence-corrected chi connectivity index (χ3v) is 6.91. The van der Waals surface area contributed by atoms with Crippen LogP contribution in [0, 0.1) is 10.1 Å². The molecule has 0 aliphatic heterocycles. The Morgan fingerprint density at radius 2 is 1.86 bits per heavy atom. The van der Waals surface area contributed by atoms with E-state index in [0.717, 1.165) is 32.1 Å². The highest BCUT2D eigenvalue weighted by Gasteiger charge is 2.29. The summed E-state index contributed by atoms with van der Waals surface area (Å²) in [6.07, 6.45) is 5.14. The summed E-state index contributed by atoms with van der Waals surface area (Å²) in [6.45, 7) is 1.40. The van der Waals surface area contributed by atoms with Gasteiger partial charge in [0.25, 0.3) is 5.91 Å². The van der Waals surface area contributed by atoms with Crippen LogP contribution in [0.1, 0.15) is 44.6 Å². The molecule has 36 heavy (non-hydrogen) atoms. The molecule has 1 saturated carbocycles. The largest absolute Gasteiger partial charge is 0.490 e. The molecule has 0 saturated heterocycles. The minimum Gasteiger partial charge on any atom is -0.490 e. The molecule has 194 valence electrons. The minimum atomic E-state index is -0.774. The van der Waals surface area contributed by atoms with Crippen LogP contribution in [0.4, 0.5) is 5.69 Å². The third kappa shape index (κ3) is 7.24. The first-order chi connectivity index (χ1) is 17.2. The molecule has 1 atom stereocenters. The number of methoxy groups -OCH3 is 1. The molecular formula is C25H29Cl2N3O6. The SMILES string of the molecule is COc1cc(OCC(=O)N(Cc2ccc(Cl)c(Cl)c2)[C@H](C)C(=O)NC2CCCCC2)ccc1[N+](=O)[O-]. The molecule has 2 aromatic carbocycles. The van der Waals surface area contributed by atoms with Gasteiger partial charge in [-0.25, -0.2) is 0 Å². The Kier molecular flexibility index (Phi) is 9.78. The van der Waals surface area contributed by atoms with Crippen LogP contribution in [-0.4, -0.2) is 47.4 Å². The van der Waals surface area contributed by atoms with E-state index in [1.54, 1.807) is 25.1 Å². The van der Waals surface area contributed by atoms with Gasteiger partial charge in [0.15, 0.2) is 6.61 Å². The zero-order chi connectivity index (χ0) is 26.2. The van der Waals surface area contributed by atoms with Crippen molar-refractivity contribution >= 4 is 40.7 Å². The van der Waals surface area contributed by atoms with E-state index in [4.69, 9.17) is 32.7 Å². The summed E-state index contributed by atoms with van der Waals surface area (Å²) in [5.74, 6) is -0.450. The number of nitrogens with zero attached hydrogens (tertiary/aromatic N) is 2. The quantitative estimate of drug-likeness (QED) is 0.331. The van der Waals surface area contributed by atoms with Gasteiger partial charge >= 0.3 is 5.69 Å². The van der Waals surface area contributed by atoms with Crippen LogP contribution >= 0.6 is 23.2 Å². The predicted octanol–water partition coefficient (Wildman–Crippen LogP) is 5.16. The first kappa shape index (κ1) is 27.5. The van der Waals surface area contributed by atoms with E-state index in [-0.39, 0.29) is 42.3 Å². The number of nitro groups is 1. The molecule has 2 aromatic rings. The van der Waals surface area contributed by atoms with Gasteiger partial charge in [-0.2, -0.15) is 0 Å². The van der Waals surface area contributed by atoms with E-state index in [1.807, 2.05) is 0 Å². The van der Waals surface area contributed by atoms with Crippen LogP contribution in [0.15, 0.2) is 36.4 Å².